The van der Waals surface area contributed by atoms with Crippen LogP contribution in [-0.2, 0) is 20.9 Å². The Morgan fingerprint density at radius 3 is 2.70 bits per heavy atom. The molecule has 2 aliphatic heterocycles. The van der Waals surface area contributed by atoms with E-state index >= 15 is 0 Å². The highest BCUT2D eigenvalue weighted by molar-refractivity contribution is 5.92. The first-order valence-electron chi connectivity index (χ1n) is 10.1. The van der Waals surface area contributed by atoms with Crippen molar-refractivity contribution < 1.29 is 28.6 Å². The number of furan rings is 1. The fourth-order valence-corrected chi connectivity index (χ4v) is 4.55. The molecule has 2 amide bonds. The van der Waals surface area contributed by atoms with Crippen molar-refractivity contribution in [2.45, 2.75) is 43.9 Å². The Morgan fingerprint density at radius 2 is 2.00 bits per heavy atom. The van der Waals surface area contributed by atoms with Crippen molar-refractivity contribution in [2.75, 3.05) is 6.54 Å². The molecule has 8 nitrogen and oxygen atoms in total. The number of aliphatic carboxylic acids is 1. The molecule has 3 heterocycles. The molecular weight excluding hydrogens is 388 g/mol. The molecular formula is C22H24N2O6. The number of carboxylic acids is 1. The van der Waals surface area contributed by atoms with Gasteiger partial charge in [0.25, 0.3) is 0 Å². The van der Waals surface area contributed by atoms with Crippen molar-refractivity contribution in [1.82, 2.24) is 10.2 Å². The number of nitrogens with one attached hydrogen (secondary N) is 1. The van der Waals surface area contributed by atoms with Gasteiger partial charge in [-0.25, -0.2) is 4.79 Å². The summed E-state index contributed by atoms with van der Waals surface area (Å²) in [6, 6.07) is 11.5. The number of hydrogen-bond acceptors (Lipinski definition) is 5. The predicted molar refractivity (Wildman–Crippen MR) is 105 cm³/mol. The Balaban J connectivity index is 1.72. The summed E-state index contributed by atoms with van der Waals surface area (Å²) in [5.74, 6) is -2.07. The first-order valence-corrected chi connectivity index (χ1v) is 10.1. The summed E-state index contributed by atoms with van der Waals surface area (Å²) in [6.45, 7) is 0.521. The largest absolute Gasteiger partial charge is 0.481 e. The zero-order valence-electron chi connectivity index (χ0n) is 16.5. The number of rotatable bonds is 4. The van der Waals surface area contributed by atoms with Crippen LogP contribution < -0.4 is 5.32 Å². The molecule has 1 aromatic carbocycles. The number of carbonyl (C=O) groups is 3. The fourth-order valence-electron chi connectivity index (χ4n) is 4.55. The van der Waals surface area contributed by atoms with Gasteiger partial charge in [-0.3, -0.25) is 14.5 Å². The van der Waals surface area contributed by atoms with Crippen LogP contribution in [0.1, 0.15) is 43.0 Å². The van der Waals surface area contributed by atoms with Gasteiger partial charge in [-0.2, -0.15) is 0 Å². The van der Waals surface area contributed by atoms with Gasteiger partial charge in [-0.15, -0.1) is 0 Å². The highest BCUT2D eigenvalue weighted by atomic mass is 16.6. The Morgan fingerprint density at radius 1 is 1.20 bits per heavy atom. The second-order valence-electron chi connectivity index (χ2n) is 7.76. The highest BCUT2D eigenvalue weighted by Crippen LogP contribution is 2.50. The van der Waals surface area contributed by atoms with E-state index in [-0.39, 0.29) is 18.9 Å². The predicted octanol–water partition coefficient (Wildman–Crippen LogP) is 3.10. The second-order valence-corrected chi connectivity index (χ2v) is 7.76. The molecule has 0 unspecified atom stereocenters. The van der Waals surface area contributed by atoms with Crippen LogP contribution >= 0.6 is 0 Å². The monoisotopic (exact) mass is 412 g/mol. The van der Waals surface area contributed by atoms with Gasteiger partial charge in [0.2, 0.25) is 5.91 Å². The van der Waals surface area contributed by atoms with E-state index in [0.29, 0.717) is 25.1 Å². The van der Waals surface area contributed by atoms with Gasteiger partial charge in [0.15, 0.2) is 0 Å². The summed E-state index contributed by atoms with van der Waals surface area (Å²) >= 11 is 0. The SMILES string of the molecule is O=C(O)[C@H]1C[C@]2(CCCCNC2=O)N(C(=O)OCc2ccccc2)[C@H]1c1ccco1. The van der Waals surface area contributed by atoms with Gasteiger partial charge >= 0.3 is 12.1 Å². The molecule has 0 radical (unpaired) electrons. The number of amides is 2. The van der Waals surface area contributed by atoms with E-state index in [2.05, 4.69) is 5.32 Å². The van der Waals surface area contributed by atoms with E-state index < -0.39 is 29.6 Å². The van der Waals surface area contributed by atoms with Gasteiger partial charge < -0.3 is 19.6 Å². The summed E-state index contributed by atoms with van der Waals surface area (Å²) in [6.07, 6.45) is 2.56. The normalized spacial score (nSPS) is 26.3. The summed E-state index contributed by atoms with van der Waals surface area (Å²) in [4.78, 5) is 39.9. The molecule has 30 heavy (non-hydrogen) atoms. The molecule has 158 valence electrons. The van der Waals surface area contributed by atoms with Crippen LogP contribution in [0.2, 0.25) is 0 Å². The quantitative estimate of drug-likeness (QED) is 0.799. The number of benzene rings is 1. The first kappa shape index (κ1) is 20.0. The molecule has 2 saturated heterocycles. The number of ether oxygens (including phenoxy) is 1. The zero-order chi connectivity index (χ0) is 21.1. The van der Waals surface area contributed by atoms with Crippen LogP contribution in [0, 0.1) is 5.92 Å². The third-order valence-corrected chi connectivity index (χ3v) is 5.96. The number of likely N-dealkylation sites (tertiary alicyclic amines) is 1. The lowest BCUT2D eigenvalue weighted by Crippen LogP contribution is -2.57. The van der Waals surface area contributed by atoms with Crippen molar-refractivity contribution in [3.8, 4) is 0 Å². The Labute approximate surface area is 173 Å². The molecule has 3 atom stereocenters. The lowest BCUT2D eigenvalue weighted by atomic mass is 9.86. The van der Waals surface area contributed by atoms with Crippen LogP contribution in [0.25, 0.3) is 0 Å². The number of carboxylic acid groups (broad SMARTS) is 1. The van der Waals surface area contributed by atoms with Crippen molar-refractivity contribution in [3.63, 3.8) is 0 Å². The van der Waals surface area contributed by atoms with Crippen molar-refractivity contribution in [2.24, 2.45) is 5.92 Å². The smallest absolute Gasteiger partial charge is 0.411 e. The van der Waals surface area contributed by atoms with Crippen LogP contribution in [0.3, 0.4) is 0 Å². The number of carbonyl (C=O) groups excluding carboxylic acids is 2. The molecule has 2 N–H and O–H groups in total. The minimum Gasteiger partial charge on any atom is -0.481 e. The Bertz CT molecular complexity index is 913. The third-order valence-electron chi connectivity index (χ3n) is 5.96. The van der Waals surface area contributed by atoms with Crippen molar-refractivity contribution in [1.29, 1.82) is 0 Å². The van der Waals surface area contributed by atoms with Crippen molar-refractivity contribution >= 4 is 18.0 Å². The molecule has 8 heteroatoms. The molecule has 2 aliphatic rings. The maximum atomic E-state index is 13.3. The third kappa shape index (κ3) is 3.53. The maximum Gasteiger partial charge on any atom is 0.411 e. The summed E-state index contributed by atoms with van der Waals surface area (Å²) in [5, 5.41) is 12.8. The van der Waals surface area contributed by atoms with Crippen molar-refractivity contribution in [3.05, 3.63) is 60.1 Å². The minimum absolute atomic E-state index is 0.0139. The van der Waals surface area contributed by atoms with E-state index in [4.69, 9.17) is 9.15 Å². The zero-order valence-corrected chi connectivity index (χ0v) is 16.5. The minimum atomic E-state index is -1.29. The van der Waals surface area contributed by atoms with Crippen LogP contribution in [0.4, 0.5) is 4.79 Å². The molecule has 2 aromatic rings. The van der Waals surface area contributed by atoms with Gasteiger partial charge in [-0.05, 0) is 43.4 Å². The van der Waals surface area contributed by atoms with Gasteiger partial charge in [-0.1, -0.05) is 30.3 Å². The van der Waals surface area contributed by atoms with Gasteiger partial charge in [0, 0.05) is 6.54 Å². The lowest BCUT2D eigenvalue weighted by molar-refractivity contribution is -0.142. The van der Waals surface area contributed by atoms with Crippen LogP contribution in [0.5, 0.6) is 0 Å². The molecule has 2 fully saturated rings. The van der Waals surface area contributed by atoms with Gasteiger partial charge in [0.05, 0.1) is 12.2 Å². The summed E-state index contributed by atoms with van der Waals surface area (Å²) in [5.41, 5.74) is -0.487. The van der Waals surface area contributed by atoms with E-state index in [1.807, 2.05) is 30.3 Å². The fraction of sp³-hybridized carbons (Fsp3) is 0.409. The lowest BCUT2D eigenvalue weighted by Gasteiger charge is -2.37. The van der Waals surface area contributed by atoms with Crippen LogP contribution in [-0.4, -0.2) is 40.1 Å². The maximum absolute atomic E-state index is 13.3. The number of hydrogen-bond donors (Lipinski definition) is 2. The standard InChI is InChI=1S/C22H24N2O6/c25-19(26)16-13-22(10-4-5-11-23-20(22)27)24(18(16)17-9-6-12-29-17)21(28)30-14-15-7-2-1-3-8-15/h1-3,6-9,12,16,18H,4-5,10-11,13-14H2,(H,23,27)(H,25,26)/t16-,18+,22-/m0/s1. The Kier molecular flexibility index (Phi) is 5.48. The van der Waals surface area contributed by atoms with Crippen LogP contribution in [0.15, 0.2) is 53.1 Å². The Hall–Kier alpha value is -3.29. The first-order chi connectivity index (χ1) is 14.5. The summed E-state index contributed by atoms with van der Waals surface area (Å²) in [7, 11) is 0. The topological polar surface area (TPSA) is 109 Å². The number of nitrogens with zero attached hydrogens (tertiary/aromatic N) is 1. The molecule has 1 aromatic heterocycles. The van der Waals surface area contributed by atoms with E-state index in [0.717, 1.165) is 12.0 Å². The van der Waals surface area contributed by atoms with Gasteiger partial charge in [0.1, 0.15) is 23.9 Å². The van der Waals surface area contributed by atoms with E-state index in [1.54, 1.807) is 12.1 Å². The molecule has 0 bridgehead atoms. The highest BCUT2D eigenvalue weighted by Gasteiger charge is 2.61. The molecule has 0 saturated carbocycles. The van der Waals surface area contributed by atoms with E-state index in [9.17, 15) is 19.5 Å². The van der Waals surface area contributed by atoms with E-state index in [1.165, 1.54) is 11.2 Å². The molecule has 1 spiro atoms. The average molecular weight is 412 g/mol. The second kappa shape index (κ2) is 8.22. The molecule has 4 rings (SSSR count). The average Bonchev–Trinajstić information content (AvgIpc) is 3.34. The molecule has 0 aliphatic carbocycles. The summed E-state index contributed by atoms with van der Waals surface area (Å²) < 4.78 is 11.1.